The van der Waals surface area contributed by atoms with Gasteiger partial charge in [-0.3, -0.25) is 9.59 Å². The first-order chi connectivity index (χ1) is 13.5. The van der Waals surface area contributed by atoms with Crippen molar-refractivity contribution in [3.63, 3.8) is 0 Å². The molecule has 28 heavy (non-hydrogen) atoms. The smallest absolute Gasteiger partial charge is 0.326 e. The summed E-state index contributed by atoms with van der Waals surface area (Å²) in [6, 6.07) is 15.2. The number of anilines is 1. The average molecular weight is 382 g/mol. The number of carbonyl (C=O) groups is 3. The highest BCUT2D eigenvalue weighted by Crippen LogP contribution is 2.33. The van der Waals surface area contributed by atoms with E-state index in [1.54, 1.807) is 25.1 Å². The molecule has 0 saturated carbocycles. The van der Waals surface area contributed by atoms with Crippen LogP contribution < -0.4 is 15.0 Å². The van der Waals surface area contributed by atoms with E-state index in [1.165, 1.54) is 4.90 Å². The summed E-state index contributed by atoms with van der Waals surface area (Å²) in [5.41, 5.74) is 1.43. The maximum Gasteiger partial charge on any atom is 0.326 e. The van der Waals surface area contributed by atoms with Crippen molar-refractivity contribution in [3.8, 4) is 5.75 Å². The summed E-state index contributed by atoms with van der Waals surface area (Å²) < 4.78 is 5.57. The lowest BCUT2D eigenvalue weighted by Crippen LogP contribution is -2.47. The van der Waals surface area contributed by atoms with E-state index in [2.05, 4.69) is 5.32 Å². The van der Waals surface area contributed by atoms with E-state index in [0.29, 0.717) is 11.4 Å². The minimum absolute atomic E-state index is 0.00857. The Morgan fingerprint density at radius 2 is 1.82 bits per heavy atom. The van der Waals surface area contributed by atoms with Gasteiger partial charge in [-0.25, -0.2) is 4.79 Å². The summed E-state index contributed by atoms with van der Waals surface area (Å²) in [4.78, 5) is 37.8. The third kappa shape index (κ3) is 4.49. The Morgan fingerprint density at radius 1 is 1.14 bits per heavy atom. The lowest BCUT2D eigenvalue weighted by atomic mass is 10.1. The fourth-order valence-electron chi connectivity index (χ4n) is 3.12. The number of nitrogens with zero attached hydrogens (tertiary/aromatic N) is 1. The predicted octanol–water partition coefficient (Wildman–Crippen LogP) is 2.00. The number of carboxylic acids is 1. The molecule has 1 heterocycles. The van der Waals surface area contributed by atoms with E-state index in [9.17, 15) is 19.5 Å². The number of hydrogen-bond acceptors (Lipinski definition) is 4. The maximum absolute atomic E-state index is 12.4. The predicted molar refractivity (Wildman–Crippen MR) is 103 cm³/mol. The standard InChI is InChI=1S/C21H22N2O5/c1-14-20(25)23(17-9-5-6-10-18(17)28-14)12-11-19(24)22-16(21(26)27)13-15-7-3-2-4-8-15/h2-10,14,16H,11-13H2,1H3,(H,22,24)(H,26,27)/t14?,16-/m1/s1. The number of para-hydroxylation sites is 2. The monoisotopic (exact) mass is 382 g/mol. The van der Waals surface area contributed by atoms with Crippen molar-refractivity contribution < 1.29 is 24.2 Å². The Morgan fingerprint density at radius 3 is 2.54 bits per heavy atom. The number of benzene rings is 2. The zero-order valence-electron chi connectivity index (χ0n) is 15.5. The molecular weight excluding hydrogens is 360 g/mol. The number of hydrogen-bond donors (Lipinski definition) is 2. The average Bonchev–Trinajstić information content (AvgIpc) is 2.68. The Bertz CT molecular complexity index is 868. The highest BCUT2D eigenvalue weighted by atomic mass is 16.5. The van der Waals surface area contributed by atoms with E-state index >= 15 is 0 Å². The molecule has 0 bridgehead atoms. The van der Waals surface area contributed by atoms with Crippen LogP contribution in [0.25, 0.3) is 0 Å². The van der Waals surface area contributed by atoms with Crippen LogP contribution in [0.4, 0.5) is 5.69 Å². The van der Waals surface area contributed by atoms with Gasteiger partial charge in [0.2, 0.25) is 5.91 Å². The maximum atomic E-state index is 12.4. The second-order valence-corrected chi connectivity index (χ2v) is 6.62. The molecule has 0 fully saturated rings. The van der Waals surface area contributed by atoms with Gasteiger partial charge in [-0.2, -0.15) is 0 Å². The van der Waals surface area contributed by atoms with Gasteiger partial charge in [0, 0.05) is 19.4 Å². The number of ether oxygens (including phenoxy) is 1. The van der Waals surface area contributed by atoms with E-state index in [-0.39, 0.29) is 25.3 Å². The topological polar surface area (TPSA) is 95.9 Å². The number of nitrogens with one attached hydrogen (secondary N) is 1. The van der Waals surface area contributed by atoms with E-state index in [0.717, 1.165) is 5.56 Å². The molecule has 0 aromatic heterocycles. The molecule has 0 aliphatic carbocycles. The van der Waals surface area contributed by atoms with Crippen molar-refractivity contribution in [1.82, 2.24) is 5.32 Å². The Hall–Kier alpha value is -3.35. The molecule has 2 amide bonds. The van der Waals surface area contributed by atoms with Crippen LogP contribution >= 0.6 is 0 Å². The molecule has 2 aromatic carbocycles. The van der Waals surface area contributed by atoms with Crippen molar-refractivity contribution in [2.75, 3.05) is 11.4 Å². The molecule has 1 unspecified atom stereocenters. The highest BCUT2D eigenvalue weighted by molar-refractivity contribution is 6.00. The molecule has 146 valence electrons. The minimum atomic E-state index is -1.10. The first-order valence-electron chi connectivity index (χ1n) is 9.09. The van der Waals surface area contributed by atoms with Crippen LogP contribution in [0, 0.1) is 0 Å². The summed E-state index contributed by atoms with van der Waals surface area (Å²) >= 11 is 0. The molecular formula is C21H22N2O5. The SMILES string of the molecule is CC1Oc2ccccc2N(CCC(=O)N[C@H](Cc2ccccc2)C(=O)O)C1=O. The number of fused-ring (bicyclic) bond motifs is 1. The fraction of sp³-hybridized carbons (Fsp3) is 0.286. The zero-order chi connectivity index (χ0) is 20.1. The first-order valence-corrected chi connectivity index (χ1v) is 9.09. The minimum Gasteiger partial charge on any atom is -0.480 e. The highest BCUT2D eigenvalue weighted by Gasteiger charge is 2.31. The van der Waals surface area contributed by atoms with Gasteiger partial charge in [0.05, 0.1) is 5.69 Å². The van der Waals surface area contributed by atoms with Crippen LogP contribution in [0.3, 0.4) is 0 Å². The van der Waals surface area contributed by atoms with Crippen LogP contribution in [-0.2, 0) is 20.8 Å². The molecule has 7 nitrogen and oxygen atoms in total. The van der Waals surface area contributed by atoms with Gasteiger partial charge in [-0.05, 0) is 24.6 Å². The van der Waals surface area contributed by atoms with E-state index in [4.69, 9.17) is 4.74 Å². The van der Waals surface area contributed by atoms with Crippen molar-refractivity contribution >= 4 is 23.5 Å². The van der Waals surface area contributed by atoms with Crippen LogP contribution in [-0.4, -0.2) is 41.6 Å². The Balaban J connectivity index is 1.63. The van der Waals surface area contributed by atoms with Crippen LogP contribution in [0.1, 0.15) is 18.9 Å². The Labute approximate surface area is 162 Å². The molecule has 3 rings (SSSR count). The second kappa shape index (κ2) is 8.56. The molecule has 2 N–H and O–H groups in total. The van der Waals surface area contributed by atoms with Gasteiger partial charge in [0.1, 0.15) is 11.8 Å². The molecule has 7 heteroatoms. The normalized spacial score (nSPS) is 16.7. The van der Waals surface area contributed by atoms with Gasteiger partial charge in [-0.1, -0.05) is 42.5 Å². The van der Waals surface area contributed by atoms with Crippen molar-refractivity contribution in [3.05, 3.63) is 60.2 Å². The van der Waals surface area contributed by atoms with Crippen molar-refractivity contribution in [2.24, 2.45) is 0 Å². The summed E-state index contributed by atoms with van der Waals surface area (Å²) in [5, 5.41) is 12.0. The zero-order valence-corrected chi connectivity index (χ0v) is 15.5. The van der Waals surface area contributed by atoms with Crippen molar-refractivity contribution in [1.29, 1.82) is 0 Å². The van der Waals surface area contributed by atoms with Crippen LogP contribution in [0.2, 0.25) is 0 Å². The second-order valence-electron chi connectivity index (χ2n) is 6.62. The van der Waals surface area contributed by atoms with E-state index < -0.39 is 24.0 Å². The number of amides is 2. The molecule has 1 aliphatic rings. The molecule has 0 radical (unpaired) electrons. The lowest BCUT2D eigenvalue weighted by Gasteiger charge is -2.32. The number of aliphatic carboxylic acids is 1. The quantitative estimate of drug-likeness (QED) is 0.764. The fourth-order valence-corrected chi connectivity index (χ4v) is 3.12. The van der Waals surface area contributed by atoms with Crippen LogP contribution in [0.15, 0.2) is 54.6 Å². The third-order valence-electron chi connectivity index (χ3n) is 4.55. The van der Waals surface area contributed by atoms with Gasteiger partial charge in [0.25, 0.3) is 5.91 Å². The van der Waals surface area contributed by atoms with Gasteiger partial charge in [-0.15, -0.1) is 0 Å². The summed E-state index contributed by atoms with van der Waals surface area (Å²) in [7, 11) is 0. The van der Waals surface area contributed by atoms with Crippen LogP contribution in [0.5, 0.6) is 5.75 Å². The van der Waals surface area contributed by atoms with Crippen molar-refractivity contribution in [2.45, 2.75) is 31.9 Å². The number of carboxylic acid groups (broad SMARTS) is 1. The molecule has 2 aromatic rings. The Kier molecular flexibility index (Phi) is 5.93. The number of rotatable bonds is 7. The molecule has 2 atom stereocenters. The first kappa shape index (κ1) is 19.4. The van der Waals surface area contributed by atoms with Gasteiger partial charge in [0.15, 0.2) is 6.10 Å². The molecule has 0 spiro atoms. The summed E-state index contributed by atoms with van der Waals surface area (Å²) in [6.45, 7) is 1.80. The summed E-state index contributed by atoms with van der Waals surface area (Å²) in [6.07, 6.45) is -0.452. The van der Waals surface area contributed by atoms with Gasteiger partial charge < -0.3 is 20.1 Å². The lowest BCUT2D eigenvalue weighted by molar-refractivity contribution is -0.141. The molecule has 1 aliphatic heterocycles. The van der Waals surface area contributed by atoms with E-state index in [1.807, 2.05) is 36.4 Å². The summed E-state index contributed by atoms with van der Waals surface area (Å²) in [5.74, 6) is -1.17. The largest absolute Gasteiger partial charge is 0.480 e. The van der Waals surface area contributed by atoms with Gasteiger partial charge >= 0.3 is 5.97 Å². The number of carbonyl (C=O) groups excluding carboxylic acids is 2. The molecule has 0 saturated heterocycles. The third-order valence-corrected chi connectivity index (χ3v) is 4.55.